The highest BCUT2D eigenvalue weighted by Gasteiger charge is 2.13. The Kier molecular flexibility index (Phi) is 4.57. The Bertz CT molecular complexity index is 860. The minimum absolute atomic E-state index is 0.00359. The third-order valence-corrected chi connectivity index (χ3v) is 4.36. The smallest absolute Gasteiger partial charge is 0.161 e. The van der Waals surface area contributed by atoms with Crippen LogP contribution in [0.15, 0.2) is 41.8 Å². The largest absolute Gasteiger partial charge is 0.508 e. The van der Waals surface area contributed by atoms with Crippen LogP contribution in [0.5, 0.6) is 23.0 Å². The van der Waals surface area contributed by atoms with Crippen molar-refractivity contribution in [3.63, 3.8) is 0 Å². The zero-order chi connectivity index (χ0) is 17.1. The first kappa shape index (κ1) is 16.1. The molecule has 0 spiro atoms. The zero-order valence-electron chi connectivity index (χ0n) is 13.3. The molecule has 0 radical (unpaired) electrons. The normalized spacial score (nSPS) is 10.6. The molecule has 0 fully saturated rings. The van der Waals surface area contributed by atoms with Gasteiger partial charge in [-0.2, -0.15) is 0 Å². The molecule has 0 atom stereocenters. The second kappa shape index (κ2) is 6.80. The van der Waals surface area contributed by atoms with Gasteiger partial charge in [-0.3, -0.25) is 0 Å². The summed E-state index contributed by atoms with van der Waals surface area (Å²) in [6, 6.07) is 10.1. The number of aromatic hydroxyl groups is 2. The number of phenols is 2. The third kappa shape index (κ3) is 3.14. The third-order valence-electron chi connectivity index (χ3n) is 3.47. The van der Waals surface area contributed by atoms with E-state index >= 15 is 0 Å². The first-order chi connectivity index (χ1) is 11.6. The number of rotatable bonds is 5. The molecule has 0 bridgehead atoms. The maximum absolute atomic E-state index is 9.97. The highest BCUT2D eigenvalue weighted by molar-refractivity contribution is 7.13. The van der Waals surface area contributed by atoms with Gasteiger partial charge in [-0.05, 0) is 37.3 Å². The molecule has 3 aromatic rings. The molecule has 0 amide bonds. The van der Waals surface area contributed by atoms with Crippen LogP contribution in [-0.4, -0.2) is 28.9 Å². The lowest BCUT2D eigenvalue weighted by Crippen LogP contribution is -1.95. The van der Waals surface area contributed by atoms with Crippen molar-refractivity contribution in [2.24, 2.45) is 0 Å². The molecule has 24 heavy (non-hydrogen) atoms. The number of phenolic OH excluding ortho intramolecular Hbond substituents is 2. The summed E-state index contributed by atoms with van der Waals surface area (Å²) in [7, 11) is 1.60. The van der Waals surface area contributed by atoms with Crippen molar-refractivity contribution in [2.45, 2.75) is 6.92 Å². The van der Waals surface area contributed by atoms with Crippen molar-refractivity contribution in [3.05, 3.63) is 41.8 Å². The average Bonchev–Trinajstić information content (AvgIpc) is 3.05. The van der Waals surface area contributed by atoms with E-state index in [1.165, 1.54) is 23.5 Å². The molecule has 0 unspecified atom stereocenters. The van der Waals surface area contributed by atoms with E-state index in [1.807, 2.05) is 30.5 Å². The van der Waals surface area contributed by atoms with Gasteiger partial charge in [-0.15, -0.1) is 11.3 Å². The molecule has 1 aromatic heterocycles. The van der Waals surface area contributed by atoms with E-state index < -0.39 is 0 Å². The van der Waals surface area contributed by atoms with Gasteiger partial charge >= 0.3 is 0 Å². The van der Waals surface area contributed by atoms with Crippen LogP contribution in [0.1, 0.15) is 6.92 Å². The fraction of sp³-hybridized carbons (Fsp3) is 0.167. The highest BCUT2D eigenvalue weighted by atomic mass is 32.1. The van der Waals surface area contributed by atoms with Crippen LogP contribution in [0.25, 0.3) is 21.8 Å². The van der Waals surface area contributed by atoms with Crippen LogP contribution in [0.3, 0.4) is 0 Å². The van der Waals surface area contributed by atoms with Crippen LogP contribution in [0.2, 0.25) is 0 Å². The summed E-state index contributed by atoms with van der Waals surface area (Å²) < 4.78 is 10.9. The van der Waals surface area contributed by atoms with Crippen LogP contribution < -0.4 is 9.47 Å². The second-order valence-electron chi connectivity index (χ2n) is 5.04. The Balaban J connectivity index is 1.96. The molecule has 3 rings (SSSR count). The monoisotopic (exact) mass is 343 g/mol. The highest BCUT2D eigenvalue weighted by Crippen LogP contribution is 2.37. The second-order valence-corrected chi connectivity index (χ2v) is 5.90. The maximum atomic E-state index is 9.97. The quantitative estimate of drug-likeness (QED) is 0.723. The molecular formula is C18H17NO4S. The first-order valence-electron chi connectivity index (χ1n) is 7.41. The van der Waals surface area contributed by atoms with Crippen molar-refractivity contribution < 1.29 is 19.7 Å². The number of methoxy groups -OCH3 is 1. The average molecular weight is 343 g/mol. The Morgan fingerprint density at radius 3 is 2.62 bits per heavy atom. The van der Waals surface area contributed by atoms with Gasteiger partial charge in [0.1, 0.15) is 16.5 Å². The van der Waals surface area contributed by atoms with E-state index in [-0.39, 0.29) is 11.5 Å². The fourth-order valence-electron chi connectivity index (χ4n) is 2.34. The Morgan fingerprint density at radius 1 is 1.08 bits per heavy atom. The number of ether oxygens (including phenoxy) is 2. The number of aromatic nitrogens is 1. The summed E-state index contributed by atoms with van der Waals surface area (Å²) in [6.45, 7) is 2.49. The Hall–Kier alpha value is -2.73. The molecule has 0 aliphatic carbocycles. The van der Waals surface area contributed by atoms with Gasteiger partial charge in [0.25, 0.3) is 0 Å². The summed E-state index contributed by atoms with van der Waals surface area (Å²) in [5.41, 5.74) is 2.14. The van der Waals surface area contributed by atoms with Gasteiger partial charge < -0.3 is 19.7 Å². The summed E-state index contributed by atoms with van der Waals surface area (Å²) in [5, 5.41) is 22.0. The Morgan fingerprint density at radius 2 is 1.92 bits per heavy atom. The van der Waals surface area contributed by atoms with E-state index in [4.69, 9.17) is 9.47 Å². The lowest BCUT2D eigenvalue weighted by molar-refractivity contribution is 0.311. The minimum atomic E-state index is -0.00359. The van der Waals surface area contributed by atoms with E-state index in [2.05, 4.69) is 4.98 Å². The molecule has 0 saturated carbocycles. The van der Waals surface area contributed by atoms with E-state index in [0.717, 1.165) is 10.6 Å². The number of hydrogen-bond donors (Lipinski definition) is 2. The number of benzene rings is 2. The van der Waals surface area contributed by atoms with Gasteiger partial charge in [-0.1, -0.05) is 0 Å². The molecular weight excluding hydrogens is 326 g/mol. The molecule has 2 aromatic carbocycles. The summed E-state index contributed by atoms with van der Waals surface area (Å²) in [4.78, 5) is 4.57. The first-order valence-corrected chi connectivity index (χ1v) is 8.29. The summed E-state index contributed by atoms with van der Waals surface area (Å²) in [5.74, 6) is 1.36. The van der Waals surface area contributed by atoms with Crippen LogP contribution in [0.4, 0.5) is 0 Å². The van der Waals surface area contributed by atoms with Gasteiger partial charge in [0.15, 0.2) is 11.5 Å². The standard InChI is InChI=1S/C18H17NO4S/c1-3-23-16-7-4-11(8-17(16)22-2)18-19-14(10-24-18)13-6-5-12(20)9-15(13)21/h4-10,20-21H,3H2,1-2H3. The lowest BCUT2D eigenvalue weighted by atomic mass is 10.1. The minimum Gasteiger partial charge on any atom is -0.508 e. The molecule has 6 heteroatoms. The van der Waals surface area contributed by atoms with E-state index in [0.29, 0.717) is 29.4 Å². The number of hydrogen-bond acceptors (Lipinski definition) is 6. The SMILES string of the molecule is CCOc1ccc(-c2nc(-c3ccc(O)cc3O)cs2)cc1OC. The van der Waals surface area contributed by atoms with Gasteiger partial charge in [0.2, 0.25) is 0 Å². The molecule has 0 saturated heterocycles. The van der Waals surface area contributed by atoms with E-state index in [9.17, 15) is 10.2 Å². The number of thiazole rings is 1. The fourth-order valence-corrected chi connectivity index (χ4v) is 3.16. The molecule has 0 aliphatic heterocycles. The van der Waals surface area contributed by atoms with Gasteiger partial charge in [-0.25, -0.2) is 4.98 Å². The van der Waals surface area contributed by atoms with Crippen molar-refractivity contribution in [2.75, 3.05) is 13.7 Å². The Labute approximate surface area is 143 Å². The van der Waals surface area contributed by atoms with Crippen LogP contribution in [-0.2, 0) is 0 Å². The summed E-state index contributed by atoms with van der Waals surface area (Å²) in [6.07, 6.45) is 0. The predicted molar refractivity (Wildman–Crippen MR) is 94.0 cm³/mol. The topological polar surface area (TPSA) is 71.8 Å². The zero-order valence-corrected chi connectivity index (χ0v) is 14.1. The molecule has 124 valence electrons. The van der Waals surface area contributed by atoms with Crippen LogP contribution >= 0.6 is 11.3 Å². The molecule has 1 heterocycles. The van der Waals surface area contributed by atoms with Crippen molar-refractivity contribution in [3.8, 4) is 44.8 Å². The lowest BCUT2D eigenvalue weighted by Gasteiger charge is -2.10. The van der Waals surface area contributed by atoms with E-state index in [1.54, 1.807) is 13.2 Å². The molecule has 5 nitrogen and oxygen atoms in total. The van der Waals surface area contributed by atoms with Gasteiger partial charge in [0, 0.05) is 22.6 Å². The van der Waals surface area contributed by atoms with Gasteiger partial charge in [0.05, 0.1) is 19.4 Å². The summed E-state index contributed by atoms with van der Waals surface area (Å²) >= 11 is 1.47. The van der Waals surface area contributed by atoms with Crippen molar-refractivity contribution >= 4 is 11.3 Å². The molecule has 2 N–H and O–H groups in total. The number of nitrogens with zero attached hydrogens (tertiary/aromatic N) is 1. The molecule has 0 aliphatic rings. The van der Waals surface area contributed by atoms with Crippen molar-refractivity contribution in [1.29, 1.82) is 0 Å². The maximum Gasteiger partial charge on any atom is 0.161 e. The predicted octanol–water partition coefficient (Wildman–Crippen LogP) is 4.30. The van der Waals surface area contributed by atoms with Crippen molar-refractivity contribution in [1.82, 2.24) is 4.98 Å². The van der Waals surface area contributed by atoms with Crippen LogP contribution in [0, 0.1) is 0 Å².